The number of nitrogens with zero attached hydrogens (tertiary/aromatic N) is 3. The molecule has 1 saturated carbocycles. The Hall–Kier alpha value is -1.27. The van der Waals surface area contributed by atoms with Crippen molar-refractivity contribution in [3.63, 3.8) is 0 Å². The zero-order valence-electron chi connectivity index (χ0n) is 14.8. The second-order valence-electron chi connectivity index (χ2n) is 6.45. The zero-order valence-corrected chi connectivity index (χ0v) is 15.7. The van der Waals surface area contributed by atoms with Gasteiger partial charge in [0, 0.05) is 52.3 Å². The van der Waals surface area contributed by atoms with E-state index in [2.05, 4.69) is 41.7 Å². The highest BCUT2D eigenvalue weighted by Gasteiger charge is 2.26. The average molecular weight is 344 g/mol. The third-order valence-electron chi connectivity index (χ3n) is 4.65. The van der Waals surface area contributed by atoms with E-state index in [1.54, 1.807) is 7.05 Å². The van der Waals surface area contributed by atoms with Gasteiger partial charge in [0.05, 0.1) is 5.69 Å². The lowest BCUT2D eigenvalue weighted by molar-refractivity contribution is -0.125. The van der Waals surface area contributed by atoms with E-state index in [9.17, 15) is 4.79 Å². The van der Waals surface area contributed by atoms with Gasteiger partial charge in [-0.2, -0.15) is 5.10 Å². The maximum atomic E-state index is 11.7. The molecule has 0 unspecified atom stereocenters. The normalized spacial score (nSPS) is 20.7. The van der Waals surface area contributed by atoms with Gasteiger partial charge in [0.1, 0.15) is 5.82 Å². The first-order chi connectivity index (χ1) is 10.4. The lowest BCUT2D eigenvalue weighted by atomic mass is 9.85. The molecule has 1 amide bonds. The predicted octanol–water partition coefficient (Wildman–Crippen LogP) is 1.61. The summed E-state index contributed by atoms with van der Waals surface area (Å²) >= 11 is 0. The van der Waals surface area contributed by atoms with Crippen LogP contribution < -0.4 is 15.5 Å². The number of rotatable bonds is 5. The Kier molecular flexibility index (Phi) is 7.35. The fourth-order valence-corrected chi connectivity index (χ4v) is 3.47. The quantitative estimate of drug-likeness (QED) is 0.852. The number of anilines is 1. The maximum absolute atomic E-state index is 11.7. The van der Waals surface area contributed by atoms with Crippen molar-refractivity contribution in [2.24, 2.45) is 13.0 Å². The molecule has 1 heterocycles. The molecule has 0 aliphatic heterocycles. The number of aromatic nitrogens is 2. The van der Waals surface area contributed by atoms with Crippen LogP contribution in [0.5, 0.6) is 0 Å². The molecule has 1 aliphatic rings. The minimum absolute atomic E-state index is 0. The third kappa shape index (κ3) is 4.61. The first-order valence-corrected chi connectivity index (χ1v) is 8.08. The number of nitrogens with one attached hydrogen (secondary N) is 2. The Balaban J connectivity index is 0.00000264. The first-order valence-electron chi connectivity index (χ1n) is 8.08. The molecule has 1 fully saturated rings. The van der Waals surface area contributed by atoms with E-state index in [0.717, 1.165) is 43.7 Å². The molecular weight excluding hydrogens is 314 g/mol. The number of aryl methyl sites for hydroxylation is 2. The van der Waals surface area contributed by atoms with E-state index >= 15 is 0 Å². The van der Waals surface area contributed by atoms with Crippen LogP contribution in [0.25, 0.3) is 0 Å². The molecule has 1 aromatic heterocycles. The summed E-state index contributed by atoms with van der Waals surface area (Å²) in [6, 6.07) is 0.496. The topological polar surface area (TPSA) is 62.2 Å². The van der Waals surface area contributed by atoms with Crippen LogP contribution in [0.15, 0.2) is 0 Å². The van der Waals surface area contributed by atoms with E-state index in [1.807, 2.05) is 11.7 Å². The van der Waals surface area contributed by atoms with Crippen LogP contribution in [0.2, 0.25) is 0 Å². The molecule has 0 spiro atoms. The Morgan fingerprint density at radius 3 is 2.43 bits per heavy atom. The van der Waals surface area contributed by atoms with Gasteiger partial charge in [0.15, 0.2) is 0 Å². The molecule has 23 heavy (non-hydrogen) atoms. The van der Waals surface area contributed by atoms with Crippen molar-refractivity contribution in [1.82, 2.24) is 20.4 Å². The summed E-state index contributed by atoms with van der Waals surface area (Å²) in [6.45, 7) is 2.90. The maximum Gasteiger partial charge on any atom is 0.222 e. The fourth-order valence-electron chi connectivity index (χ4n) is 3.47. The minimum atomic E-state index is 0. The van der Waals surface area contributed by atoms with Crippen molar-refractivity contribution in [2.75, 3.05) is 26.0 Å². The molecular formula is C16H30ClN5O. The fraction of sp³-hybridized carbons (Fsp3) is 0.750. The van der Waals surface area contributed by atoms with Crippen LogP contribution in [0.4, 0.5) is 5.82 Å². The van der Waals surface area contributed by atoms with Gasteiger partial charge >= 0.3 is 0 Å². The van der Waals surface area contributed by atoms with Crippen molar-refractivity contribution in [3.8, 4) is 0 Å². The summed E-state index contributed by atoms with van der Waals surface area (Å²) in [5, 5.41) is 10.9. The number of carbonyl (C=O) groups is 1. The van der Waals surface area contributed by atoms with Crippen LogP contribution in [-0.2, 0) is 18.4 Å². The van der Waals surface area contributed by atoms with E-state index < -0.39 is 0 Å². The summed E-state index contributed by atoms with van der Waals surface area (Å²) in [5.74, 6) is 1.54. The van der Waals surface area contributed by atoms with Gasteiger partial charge in [-0.15, -0.1) is 12.4 Å². The molecule has 1 aliphatic carbocycles. The highest BCUT2D eigenvalue weighted by atomic mass is 35.5. The summed E-state index contributed by atoms with van der Waals surface area (Å²) in [7, 11) is 7.81. The molecule has 132 valence electrons. The highest BCUT2D eigenvalue weighted by Crippen LogP contribution is 2.26. The third-order valence-corrected chi connectivity index (χ3v) is 4.65. The predicted molar refractivity (Wildman–Crippen MR) is 96.2 cm³/mol. The summed E-state index contributed by atoms with van der Waals surface area (Å²) < 4.78 is 1.94. The second-order valence-corrected chi connectivity index (χ2v) is 6.45. The molecule has 2 rings (SSSR count). The van der Waals surface area contributed by atoms with Crippen molar-refractivity contribution in [2.45, 2.75) is 45.2 Å². The largest absolute Gasteiger partial charge is 0.363 e. The van der Waals surface area contributed by atoms with Crippen LogP contribution in [0.1, 0.15) is 36.9 Å². The van der Waals surface area contributed by atoms with Crippen molar-refractivity contribution < 1.29 is 4.79 Å². The van der Waals surface area contributed by atoms with Gasteiger partial charge in [-0.05, 0) is 32.6 Å². The van der Waals surface area contributed by atoms with Crippen molar-refractivity contribution in [1.29, 1.82) is 0 Å². The Labute approximate surface area is 145 Å². The summed E-state index contributed by atoms with van der Waals surface area (Å²) in [4.78, 5) is 13.8. The Bertz CT molecular complexity index is 521. The highest BCUT2D eigenvalue weighted by molar-refractivity contribution is 5.85. The first kappa shape index (κ1) is 19.8. The molecule has 2 N–H and O–H groups in total. The molecule has 0 atom stereocenters. The molecule has 0 saturated heterocycles. The van der Waals surface area contributed by atoms with Gasteiger partial charge in [0.2, 0.25) is 5.91 Å². The van der Waals surface area contributed by atoms with Crippen LogP contribution in [0.3, 0.4) is 0 Å². The zero-order chi connectivity index (χ0) is 16.3. The van der Waals surface area contributed by atoms with Gasteiger partial charge in [0.25, 0.3) is 0 Å². The van der Waals surface area contributed by atoms with Gasteiger partial charge in [-0.1, -0.05) is 0 Å². The molecule has 0 aromatic carbocycles. The number of hydrogen-bond acceptors (Lipinski definition) is 4. The van der Waals surface area contributed by atoms with E-state index in [4.69, 9.17) is 0 Å². The van der Waals surface area contributed by atoms with Crippen LogP contribution in [0, 0.1) is 12.8 Å². The van der Waals surface area contributed by atoms with E-state index in [0.29, 0.717) is 6.04 Å². The van der Waals surface area contributed by atoms with Crippen molar-refractivity contribution in [3.05, 3.63) is 11.3 Å². The average Bonchev–Trinajstić information content (AvgIpc) is 2.78. The van der Waals surface area contributed by atoms with Crippen LogP contribution in [-0.4, -0.2) is 42.9 Å². The van der Waals surface area contributed by atoms with E-state index in [-0.39, 0.29) is 24.2 Å². The monoisotopic (exact) mass is 343 g/mol. The Morgan fingerprint density at radius 1 is 1.30 bits per heavy atom. The number of hydrogen-bond donors (Lipinski definition) is 2. The SMILES string of the molecule is CNC(=O)C1CCC(NCc2c(C)nn(C)c2N(C)C)CC1.Cl. The van der Waals surface area contributed by atoms with Crippen molar-refractivity contribution >= 4 is 24.1 Å². The van der Waals surface area contributed by atoms with E-state index in [1.165, 1.54) is 5.56 Å². The molecule has 0 bridgehead atoms. The molecule has 6 nitrogen and oxygen atoms in total. The minimum Gasteiger partial charge on any atom is -0.363 e. The molecule has 0 radical (unpaired) electrons. The van der Waals surface area contributed by atoms with Gasteiger partial charge < -0.3 is 15.5 Å². The number of amides is 1. The summed E-state index contributed by atoms with van der Waals surface area (Å²) in [6.07, 6.45) is 4.08. The molecule has 1 aromatic rings. The lowest BCUT2D eigenvalue weighted by Crippen LogP contribution is -2.37. The summed E-state index contributed by atoms with van der Waals surface area (Å²) in [5.41, 5.74) is 2.35. The molecule has 7 heteroatoms. The standard InChI is InChI=1S/C16H29N5O.ClH/c1-11-14(16(20(3)4)21(5)19-11)10-18-13-8-6-12(7-9-13)15(22)17-2;/h12-13,18H,6-10H2,1-5H3,(H,17,22);1H. The van der Waals surface area contributed by atoms with Crippen LogP contribution >= 0.6 is 12.4 Å². The smallest absolute Gasteiger partial charge is 0.222 e. The second kappa shape index (κ2) is 8.55. The number of carbonyl (C=O) groups excluding carboxylic acids is 1. The Morgan fingerprint density at radius 2 is 1.91 bits per heavy atom. The lowest BCUT2D eigenvalue weighted by Gasteiger charge is -2.28. The van der Waals surface area contributed by atoms with Gasteiger partial charge in [-0.3, -0.25) is 9.48 Å². The van der Waals surface area contributed by atoms with Gasteiger partial charge in [-0.25, -0.2) is 0 Å². The number of halogens is 1.